The highest BCUT2D eigenvalue weighted by molar-refractivity contribution is 5.76. The van der Waals surface area contributed by atoms with Crippen molar-refractivity contribution in [2.45, 2.75) is 315 Å². The number of aliphatic hydroxyl groups excluding tert-OH is 2. The number of amides is 1. The summed E-state index contributed by atoms with van der Waals surface area (Å²) < 4.78 is 5.46. The Kier molecular flexibility index (Phi) is 51.6. The number of carbonyl (C=O) groups excluding carboxylic acids is 2. The second-order valence-electron chi connectivity index (χ2n) is 19.3. The van der Waals surface area contributed by atoms with Gasteiger partial charge in [-0.1, -0.05) is 256 Å². The summed E-state index contributed by atoms with van der Waals surface area (Å²) in [5, 5.41) is 23.1. The number of rotatable bonds is 52. The lowest BCUT2D eigenvalue weighted by Crippen LogP contribution is -2.45. The van der Waals surface area contributed by atoms with Crippen molar-refractivity contribution < 1.29 is 24.5 Å². The van der Waals surface area contributed by atoms with Crippen molar-refractivity contribution >= 4 is 11.9 Å². The fourth-order valence-electron chi connectivity index (χ4n) is 8.63. The van der Waals surface area contributed by atoms with E-state index in [0.29, 0.717) is 19.4 Å². The van der Waals surface area contributed by atoms with Crippen LogP contribution in [0.2, 0.25) is 0 Å². The fraction of sp³-hybridized carbons (Fsp3) is 0.895. The number of esters is 1. The smallest absolute Gasteiger partial charge is 0.305 e. The highest BCUT2D eigenvalue weighted by atomic mass is 16.5. The van der Waals surface area contributed by atoms with Crippen LogP contribution in [0.5, 0.6) is 0 Å². The number of nitrogens with one attached hydrogen (secondary N) is 1. The van der Waals surface area contributed by atoms with Crippen molar-refractivity contribution in [3.8, 4) is 0 Å². The van der Waals surface area contributed by atoms with Crippen LogP contribution in [0.3, 0.4) is 0 Å². The molecule has 0 aromatic carbocycles. The van der Waals surface area contributed by atoms with E-state index < -0.39 is 12.1 Å². The molecule has 2 atom stereocenters. The number of allylic oxidation sites excluding steroid dienone is 3. The normalized spacial score (nSPS) is 12.8. The Morgan fingerprint density at radius 2 is 0.746 bits per heavy atom. The van der Waals surface area contributed by atoms with Gasteiger partial charge in [0.05, 0.1) is 25.4 Å². The average molecular weight is 889 g/mol. The van der Waals surface area contributed by atoms with Gasteiger partial charge in [-0.15, -0.1) is 0 Å². The molecule has 0 fully saturated rings. The van der Waals surface area contributed by atoms with Crippen molar-refractivity contribution in [3.63, 3.8) is 0 Å². The second-order valence-corrected chi connectivity index (χ2v) is 19.3. The van der Waals surface area contributed by atoms with Crippen LogP contribution < -0.4 is 5.32 Å². The van der Waals surface area contributed by atoms with Gasteiger partial charge in [0, 0.05) is 12.8 Å². The average Bonchev–Trinajstić information content (AvgIpc) is 3.28. The van der Waals surface area contributed by atoms with Gasteiger partial charge in [0.25, 0.3) is 0 Å². The Morgan fingerprint density at radius 1 is 0.429 bits per heavy atom. The first-order chi connectivity index (χ1) is 31.0. The molecule has 0 saturated heterocycles. The third-order valence-corrected chi connectivity index (χ3v) is 13.0. The summed E-state index contributed by atoms with van der Waals surface area (Å²) in [5.74, 6) is -0.0805. The Labute approximate surface area is 392 Å². The van der Waals surface area contributed by atoms with E-state index >= 15 is 0 Å². The van der Waals surface area contributed by atoms with E-state index in [4.69, 9.17) is 4.74 Å². The molecule has 3 N–H and O–H groups in total. The highest BCUT2D eigenvalue weighted by Crippen LogP contribution is 2.16. The van der Waals surface area contributed by atoms with Crippen molar-refractivity contribution in [3.05, 3.63) is 24.3 Å². The van der Waals surface area contributed by atoms with Crippen LogP contribution >= 0.6 is 0 Å². The van der Waals surface area contributed by atoms with Crippen molar-refractivity contribution in [2.75, 3.05) is 13.2 Å². The van der Waals surface area contributed by atoms with Crippen molar-refractivity contribution in [1.82, 2.24) is 5.32 Å². The summed E-state index contributed by atoms with van der Waals surface area (Å²) in [6.07, 6.45) is 63.3. The van der Waals surface area contributed by atoms with E-state index in [2.05, 4.69) is 31.3 Å². The van der Waals surface area contributed by atoms with Gasteiger partial charge in [0.15, 0.2) is 0 Å². The molecule has 63 heavy (non-hydrogen) atoms. The van der Waals surface area contributed by atoms with Gasteiger partial charge in [-0.3, -0.25) is 9.59 Å². The van der Waals surface area contributed by atoms with Crippen LogP contribution in [0.25, 0.3) is 0 Å². The third-order valence-electron chi connectivity index (χ3n) is 13.0. The van der Waals surface area contributed by atoms with E-state index in [0.717, 1.165) is 57.8 Å². The molecule has 0 spiro atoms. The molecule has 2 unspecified atom stereocenters. The summed E-state index contributed by atoms with van der Waals surface area (Å²) in [4.78, 5) is 24.5. The van der Waals surface area contributed by atoms with Crippen LogP contribution in [-0.4, -0.2) is 47.4 Å². The molecule has 0 aliphatic rings. The Morgan fingerprint density at radius 3 is 1.13 bits per heavy atom. The maximum Gasteiger partial charge on any atom is 0.305 e. The molecule has 6 nitrogen and oxygen atoms in total. The minimum atomic E-state index is -0.852. The molecule has 0 heterocycles. The molecule has 0 aromatic heterocycles. The van der Waals surface area contributed by atoms with Crippen LogP contribution in [0.4, 0.5) is 0 Å². The van der Waals surface area contributed by atoms with Gasteiger partial charge in [0.1, 0.15) is 0 Å². The summed E-state index contributed by atoms with van der Waals surface area (Å²) in [7, 11) is 0. The van der Waals surface area contributed by atoms with Crippen LogP contribution in [0, 0.1) is 0 Å². The molecule has 0 radical (unpaired) electrons. The lowest BCUT2D eigenvalue weighted by atomic mass is 10.0. The van der Waals surface area contributed by atoms with Crippen LogP contribution in [-0.2, 0) is 14.3 Å². The van der Waals surface area contributed by atoms with Crippen LogP contribution in [0.1, 0.15) is 303 Å². The maximum atomic E-state index is 12.5. The Bertz CT molecular complexity index is 982. The highest BCUT2D eigenvalue weighted by Gasteiger charge is 2.18. The molecule has 372 valence electrons. The first kappa shape index (κ1) is 61.3. The van der Waals surface area contributed by atoms with Crippen molar-refractivity contribution in [2.24, 2.45) is 0 Å². The van der Waals surface area contributed by atoms with E-state index in [1.54, 1.807) is 6.08 Å². The molecule has 0 rings (SSSR count). The summed E-state index contributed by atoms with van der Waals surface area (Å²) in [6.45, 7) is 4.89. The number of hydrogen-bond donors (Lipinski definition) is 3. The third kappa shape index (κ3) is 49.6. The molecule has 0 aliphatic carbocycles. The minimum Gasteiger partial charge on any atom is -0.466 e. The van der Waals surface area contributed by atoms with Crippen molar-refractivity contribution in [1.29, 1.82) is 0 Å². The number of hydrogen-bond acceptors (Lipinski definition) is 5. The molecule has 6 heteroatoms. The zero-order valence-electron chi connectivity index (χ0n) is 42.3. The number of unbranched alkanes of at least 4 members (excludes halogenated alkanes) is 39. The van der Waals surface area contributed by atoms with Gasteiger partial charge in [-0.05, 0) is 57.8 Å². The molecular weight excluding hydrogens is 779 g/mol. The summed E-state index contributed by atoms with van der Waals surface area (Å²) >= 11 is 0. The topological polar surface area (TPSA) is 95.9 Å². The molecule has 0 bridgehead atoms. The minimum absolute atomic E-state index is 0.00201. The molecule has 0 saturated carbocycles. The van der Waals surface area contributed by atoms with Gasteiger partial charge < -0.3 is 20.3 Å². The second kappa shape index (κ2) is 53.0. The first-order valence-electron chi connectivity index (χ1n) is 28.1. The number of aliphatic hydroxyl groups is 2. The Hall–Kier alpha value is -1.66. The predicted molar refractivity (Wildman–Crippen MR) is 273 cm³/mol. The molecule has 1 amide bonds. The summed E-state index contributed by atoms with van der Waals surface area (Å²) in [5.41, 5.74) is 0. The quantitative estimate of drug-likeness (QED) is 0.0321. The zero-order chi connectivity index (χ0) is 45.8. The zero-order valence-corrected chi connectivity index (χ0v) is 42.3. The predicted octanol–water partition coefficient (Wildman–Crippen LogP) is 17.1. The monoisotopic (exact) mass is 888 g/mol. The van der Waals surface area contributed by atoms with E-state index in [9.17, 15) is 19.8 Å². The van der Waals surface area contributed by atoms with Gasteiger partial charge in [-0.25, -0.2) is 0 Å². The van der Waals surface area contributed by atoms with E-state index in [1.165, 1.54) is 218 Å². The number of ether oxygens (including phenoxy) is 1. The summed E-state index contributed by atoms with van der Waals surface area (Å²) in [6, 6.07) is -0.636. The van der Waals surface area contributed by atoms with Gasteiger partial charge in [-0.2, -0.15) is 0 Å². The van der Waals surface area contributed by atoms with Crippen LogP contribution in [0.15, 0.2) is 24.3 Å². The number of carbonyl (C=O) groups is 2. The molecular formula is C57H109NO5. The van der Waals surface area contributed by atoms with E-state index in [1.807, 2.05) is 6.08 Å². The van der Waals surface area contributed by atoms with Gasteiger partial charge in [0.2, 0.25) is 5.91 Å². The largest absolute Gasteiger partial charge is 0.466 e. The first-order valence-corrected chi connectivity index (χ1v) is 28.1. The SMILES string of the molecule is CCCCCCCCCCCCCCCCC/C=C/C(O)C(CO)NC(=O)CCCCCCCCC/C=C\CCCCCCCCOC(=O)CCCCCCCCCCCCCC. The lowest BCUT2D eigenvalue weighted by molar-refractivity contribution is -0.143. The van der Waals surface area contributed by atoms with E-state index in [-0.39, 0.29) is 18.5 Å². The Balaban J connectivity index is 3.49. The molecule has 0 aliphatic heterocycles. The van der Waals surface area contributed by atoms with Gasteiger partial charge >= 0.3 is 5.97 Å². The lowest BCUT2D eigenvalue weighted by Gasteiger charge is -2.20. The molecule has 0 aromatic rings. The standard InChI is InChI=1S/C57H109NO5/c1-3-5-7-9-11-13-15-17-18-20-23-26-29-33-37-41-45-49-55(60)54(53-59)58-56(61)50-46-42-38-34-30-27-24-21-19-22-25-28-32-36-40-44-48-52-63-57(62)51-47-43-39-35-31-16-14-12-10-8-6-4-2/h19,22,45,49,54-55,59-60H,3-18,20-21,23-44,46-48,50-53H2,1-2H3,(H,58,61)/b22-19-,49-45+. The fourth-order valence-corrected chi connectivity index (χ4v) is 8.63. The maximum absolute atomic E-state index is 12.5.